The summed E-state index contributed by atoms with van der Waals surface area (Å²) < 4.78 is 10.2. The zero-order valence-corrected chi connectivity index (χ0v) is 11.7. The van der Waals surface area contributed by atoms with Gasteiger partial charge in [0.1, 0.15) is 0 Å². The summed E-state index contributed by atoms with van der Waals surface area (Å²) >= 11 is 1.50. The normalized spacial score (nSPS) is 12.8. The molecule has 0 aliphatic carbocycles. The maximum Gasteiger partial charge on any atom is 0.261 e. The second-order valence-corrected chi connectivity index (χ2v) is 5.21. The molecule has 17 heavy (non-hydrogen) atoms. The molecule has 1 rings (SSSR count). The molecule has 0 aliphatic rings. The molecule has 0 aliphatic heterocycles. The van der Waals surface area contributed by atoms with Crippen LogP contribution in [0.25, 0.3) is 0 Å². The molecule has 0 aromatic carbocycles. The summed E-state index contributed by atoms with van der Waals surface area (Å²) in [5, 5.41) is 2.86. The third-order valence-corrected chi connectivity index (χ3v) is 3.77. The minimum atomic E-state index is -0.430. The lowest BCUT2D eigenvalue weighted by Crippen LogP contribution is -2.42. The molecule has 0 saturated carbocycles. The van der Waals surface area contributed by atoms with Crippen LogP contribution in [-0.2, 0) is 9.47 Å². The summed E-state index contributed by atoms with van der Waals surface area (Å²) in [4.78, 5) is 13.8. The van der Waals surface area contributed by atoms with Crippen LogP contribution in [0.5, 0.6) is 0 Å². The number of hydrogen-bond donors (Lipinski definition) is 1. The van der Waals surface area contributed by atoms with Gasteiger partial charge in [-0.1, -0.05) is 0 Å². The molecule has 0 bridgehead atoms. The topological polar surface area (TPSA) is 47.6 Å². The molecule has 1 heterocycles. The Balaban J connectivity index is 2.66. The van der Waals surface area contributed by atoms with Crippen molar-refractivity contribution < 1.29 is 14.3 Å². The number of hydrogen-bond acceptors (Lipinski definition) is 4. The van der Waals surface area contributed by atoms with Gasteiger partial charge in [-0.25, -0.2) is 0 Å². The number of ether oxygens (including phenoxy) is 2. The highest BCUT2D eigenvalue weighted by molar-refractivity contribution is 7.14. The van der Waals surface area contributed by atoms with E-state index in [1.165, 1.54) is 11.3 Å². The Labute approximate surface area is 106 Å². The van der Waals surface area contributed by atoms with Crippen LogP contribution in [-0.4, -0.2) is 32.5 Å². The van der Waals surface area contributed by atoms with Gasteiger partial charge in [0, 0.05) is 19.1 Å². The van der Waals surface area contributed by atoms with Gasteiger partial charge >= 0.3 is 0 Å². The molecule has 0 saturated heterocycles. The predicted molar refractivity (Wildman–Crippen MR) is 68.5 cm³/mol. The van der Waals surface area contributed by atoms with Gasteiger partial charge in [0.2, 0.25) is 0 Å². The number of methoxy groups -OCH3 is 2. The van der Waals surface area contributed by atoms with Gasteiger partial charge in [-0.05, 0) is 32.4 Å². The van der Waals surface area contributed by atoms with Gasteiger partial charge in [0.15, 0.2) is 6.29 Å². The van der Waals surface area contributed by atoms with Gasteiger partial charge in [-0.15, -0.1) is 11.3 Å². The Bertz CT molecular complexity index is 366. The number of carbonyl (C=O) groups is 1. The van der Waals surface area contributed by atoms with Crippen LogP contribution in [0.4, 0.5) is 0 Å². The minimum Gasteiger partial charge on any atom is -0.354 e. The smallest absolute Gasteiger partial charge is 0.261 e. The van der Waals surface area contributed by atoms with Crippen LogP contribution in [0.3, 0.4) is 0 Å². The second-order valence-electron chi connectivity index (χ2n) is 3.95. The number of nitrogens with one attached hydrogen (secondary N) is 1. The highest BCUT2D eigenvalue weighted by atomic mass is 32.1. The molecule has 1 aromatic heterocycles. The van der Waals surface area contributed by atoms with Crippen LogP contribution < -0.4 is 5.32 Å². The van der Waals surface area contributed by atoms with E-state index in [0.717, 1.165) is 15.3 Å². The van der Waals surface area contributed by atoms with Gasteiger partial charge in [0.25, 0.3) is 5.91 Å². The molecular formula is C12H19NO3S. The zero-order valence-electron chi connectivity index (χ0n) is 10.9. The molecule has 0 spiro atoms. The Hall–Kier alpha value is -0.910. The summed E-state index contributed by atoms with van der Waals surface area (Å²) in [6.45, 7) is 5.86. The van der Waals surface area contributed by atoms with E-state index < -0.39 is 6.29 Å². The lowest BCUT2D eigenvalue weighted by atomic mass is 10.2. The van der Waals surface area contributed by atoms with Crippen LogP contribution in [0, 0.1) is 13.8 Å². The van der Waals surface area contributed by atoms with Crippen molar-refractivity contribution in [2.24, 2.45) is 0 Å². The largest absolute Gasteiger partial charge is 0.354 e. The highest BCUT2D eigenvalue weighted by Crippen LogP contribution is 2.20. The summed E-state index contributed by atoms with van der Waals surface area (Å²) in [6, 6.07) is 1.71. The summed E-state index contributed by atoms with van der Waals surface area (Å²) in [5.74, 6) is -0.0854. The van der Waals surface area contributed by atoms with Crippen LogP contribution in [0.2, 0.25) is 0 Å². The molecule has 1 unspecified atom stereocenters. The van der Waals surface area contributed by atoms with Crippen molar-refractivity contribution in [1.82, 2.24) is 5.32 Å². The first kappa shape index (κ1) is 14.2. The van der Waals surface area contributed by atoms with E-state index >= 15 is 0 Å². The van der Waals surface area contributed by atoms with Crippen molar-refractivity contribution >= 4 is 17.2 Å². The molecule has 96 valence electrons. The number of aryl methyl sites for hydroxylation is 2. The third kappa shape index (κ3) is 3.52. The number of carbonyl (C=O) groups excluding carboxylic acids is 1. The molecule has 1 amide bonds. The average molecular weight is 257 g/mol. The van der Waals surface area contributed by atoms with Crippen molar-refractivity contribution in [1.29, 1.82) is 0 Å². The highest BCUT2D eigenvalue weighted by Gasteiger charge is 2.19. The summed E-state index contributed by atoms with van der Waals surface area (Å²) in [7, 11) is 3.10. The van der Waals surface area contributed by atoms with E-state index in [9.17, 15) is 4.79 Å². The maximum atomic E-state index is 11.9. The van der Waals surface area contributed by atoms with Crippen molar-refractivity contribution in [3.63, 3.8) is 0 Å². The summed E-state index contributed by atoms with van der Waals surface area (Å²) in [6.07, 6.45) is -0.430. The fourth-order valence-corrected chi connectivity index (χ4v) is 2.47. The van der Waals surface area contributed by atoms with E-state index in [-0.39, 0.29) is 11.9 Å². The maximum absolute atomic E-state index is 11.9. The standard InChI is InChI=1S/C12H19NO3S/c1-7-6-10(17-9(7)3)11(14)13-8(2)12(15-4)16-5/h6,8,12H,1-5H3,(H,13,14). The van der Waals surface area contributed by atoms with Crippen LogP contribution >= 0.6 is 11.3 Å². The molecule has 1 N–H and O–H groups in total. The molecular weight excluding hydrogens is 238 g/mol. The first-order valence-electron chi connectivity index (χ1n) is 5.43. The van der Waals surface area contributed by atoms with Crippen LogP contribution in [0.1, 0.15) is 27.0 Å². The van der Waals surface area contributed by atoms with E-state index in [1.54, 1.807) is 14.2 Å². The number of thiophene rings is 1. The molecule has 1 aromatic rings. The van der Waals surface area contributed by atoms with E-state index in [0.29, 0.717) is 0 Å². The Morgan fingerprint density at radius 2 is 1.94 bits per heavy atom. The van der Waals surface area contributed by atoms with Gasteiger partial charge in [-0.3, -0.25) is 4.79 Å². The van der Waals surface area contributed by atoms with Crippen molar-refractivity contribution in [3.05, 3.63) is 21.4 Å². The first-order valence-corrected chi connectivity index (χ1v) is 6.24. The van der Waals surface area contributed by atoms with E-state index in [4.69, 9.17) is 9.47 Å². The van der Waals surface area contributed by atoms with Crippen LogP contribution in [0.15, 0.2) is 6.07 Å². The molecule has 5 heteroatoms. The molecule has 4 nitrogen and oxygen atoms in total. The SMILES string of the molecule is COC(OC)C(C)NC(=O)c1cc(C)c(C)s1. The number of amides is 1. The van der Waals surface area contributed by atoms with E-state index in [1.807, 2.05) is 26.8 Å². The fraction of sp³-hybridized carbons (Fsp3) is 0.583. The Kier molecular flexibility index (Phi) is 5.11. The fourth-order valence-electron chi connectivity index (χ4n) is 1.54. The number of rotatable bonds is 5. The van der Waals surface area contributed by atoms with Crippen molar-refractivity contribution in [2.75, 3.05) is 14.2 Å². The quantitative estimate of drug-likeness (QED) is 0.822. The van der Waals surface area contributed by atoms with Gasteiger partial charge in [0.05, 0.1) is 10.9 Å². The van der Waals surface area contributed by atoms with E-state index in [2.05, 4.69) is 5.32 Å². The Morgan fingerprint density at radius 1 is 1.35 bits per heavy atom. The monoisotopic (exact) mass is 257 g/mol. The van der Waals surface area contributed by atoms with Crippen molar-refractivity contribution in [3.8, 4) is 0 Å². The zero-order chi connectivity index (χ0) is 13.0. The average Bonchev–Trinajstić information content (AvgIpc) is 2.61. The molecule has 0 radical (unpaired) electrons. The third-order valence-electron chi connectivity index (χ3n) is 2.62. The van der Waals surface area contributed by atoms with Crippen molar-refractivity contribution in [2.45, 2.75) is 33.1 Å². The molecule has 0 fully saturated rings. The van der Waals surface area contributed by atoms with Gasteiger partial charge < -0.3 is 14.8 Å². The second kappa shape index (κ2) is 6.14. The first-order chi connectivity index (χ1) is 7.99. The minimum absolute atomic E-state index is 0.0854. The lowest BCUT2D eigenvalue weighted by Gasteiger charge is -2.21. The molecule has 1 atom stereocenters. The summed E-state index contributed by atoms with van der Waals surface area (Å²) in [5.41, 5.74) is 1.14. The Morgan fingerprint density at radius 3 is 2.35 bits per heavy atom. The predicted octanol–water partition coefficient (Wildman–Crippen LogP) is 2.10. The lowest BCUT2D eigenvalue weighted by molar-refractivity contribution is -0.117. The van der Waals surface area contributed by atoms with Gasteiger partial charge in [-0.2, -0.15) is 0 Å².